The lowest BCUT2D eigenvalue weighted by molar-refractivity contribution is -0.163. The number of allylic oxidation sites excluding steroid dienone is 6. The van der Waals surface area contributed by atoms with Crippen LogP contribution >= 0.6 is 0 Å². The molecule has 0 radical (unpaired) electrons. The Morgan fingerprint density at radius 1 is 1.21 bits per heavy atom. The molecule has 5 nitrogen and oxygen atoms in total. The van der Waals surface area contributed by atoms with E-state index in [4.69, 9.17) is 9.16 Å². The maximum absolute atomic E-state index is 13.8. The second kappa shape index (κ2) is 7.87. The Hall–Kier alpha value is -1.79. The Balaban J connectivity index is 1.79. The topological polar surface area (TPSA) is 69.7 Å². The van der Waals surface area contributed by atoms with E-state index < -0.39 is 19.9 Å². The summed E-state index contributed by atoms with van der Waals surface area (Å²) in [6, 6.07) is 0. The van der Waals surface area contributed by atoms with Crippen molar-refractivity contribution in [3.05, 3.63) is 35.5 Å². The van der Waals surface area contributed by atoms with Gasteiger partial charge in [-0.05, 0) is 82.2 Å². The first-order valence-electron chi connectivity index (χ1n) is 12.3. The minimum Gasteiger partial charge on any atom is -0.458 e. The van der Waals surface area contributed by atoms with Crippen molar-refractivity contribution in [2.24, 2.45) is 28.6 Å². The summed E-state index contributed by atoms with van der Waals surface area (Å²) in [6.45, 7) is 14.1. The van der Waals surface area contributed by atoms with Gasteiger partial charge in [0.05, 0.1) is 0 Å². The van der Waals surface area contributed by atoms with Crippen molar-refractivity contribution in [1.82, 2.24) is 0 Å². The molecular weight excluding hydrogens is 432 g/mol. The first-order chi connectivity index (χ1) is 15.2. The maximum Gasteiger partial charge on any atom is 0.303 e. The van der Waals surface area contributed by atoms with Gasteiger partial charge in [-0.3, -0.25) is 14.4 Å². The van der Waals surface area contributed by atoms with Crippen LogP contribution in [-0.2, 0) is 23.5 Å². The molecule has 6 atom stereocenters. The fourth-order valence-corrected chi connectivity index (χ4v) is 8.99. The third-order valence-corrected chi connectivity index (χ3v) is 9.71. The summed E-state index contributed by atoms with van der Waals surface area (Å²) in [4.78, 5) is 37.4. The second-order valence-corrected chi connectivity index (χ2v) is 16.4. The predicted molar refractivity (Wildman–Crippen MR) is 130 cm³/mol. The van der Waals surface area contributed by atoms with Gasteiger partial charge in [0, 0.05) is 17.8 Å². The number of fused-ring (bicyclic) bond motifs is 5. The molecule has 0 spiro atoms. The molecule has 2 saturated carbocycles. The van der Waals surface area contributed by atoms with Crippen LogP contribution in [0.3, 0.4) is 0 Å². The molecule has 0 aromatic heterocycles. The summed E-state index contributed by atoms with van der Waals surface area (Å²) in [5.74, 6) is 0.219. The fraction of sp³-hybridized carbons (Fsp3) is 0.667. The first-order valence-corrected chi connectivity index (χ1v) is 15.7. The van der Waals surface area contributed by atoms with E-state index in [1.54, 1.807) is 6.08 Å². The Labute approximate surface area is 198 Å². The number of hydrogen-bond acceptors (Lipinski definition) is 5. The molecule has 180 valence electrons. The van der Waals surface area contributed by atoms with Gasteiger partial charge in [0.1, 0.15) is 5.60 Å². The zero-order valence-electron chi connectivity index (χ0n) is 21.1. The molecule has 0 saturated heterocycles. The maximum atomic E-state index is 13.8. The minimum atomic E-state index is -2.11. The van der Waals surface area contributed by atoms with Crippen molar-refractivity contribution in [1.29, 1.82) is 0 Å². The lowest BCUT2D eigenvalue weighted by atomic mass is 9.51. The van der Waals surface area contributed by atoms with E-state index in [0.717, 1.165) is 25.7 Å². The molecule has 0 aliphatic heterocycles. The third-order valence-electron chi connectivity index (χ3n) is 8.78. The summed E-state index contributed by atoms with van der Waals surface area (Å²) < 4.78 is 12.1. The summed E-state index contributed by atoms with van der Waals surface area (Å²) in [5.41, 5.74) is 1.06. The van der Waals surface area contributed by atoms with Crippen molar-refractivity contribution in [2.75, 3.05) is 6.61 Å². The molecule has 0 unspecified atom stereocenters. The average molecular weight is 471 g/mol. The van der Waals surface area contributed by atoms with Gasteiger partial charge in [-0.15, -0.1) is 0 Å². The van der Waals surface area contributed by atoms with Crippen LogP contribution in [0.15, 0.2) is 35.5 Å². The molecule has 33 heavy (non-hydrogen) atoms. The zero-order valence-corrected chi connectivity index (χ0v) is 22.1. The average Bonchev–Trinajstić information content (AvgIpc) is 2.93. The molecule has 0 heterocycles. The van der Waals surface area contributed by atoms with Gasteiger partial charge in [0.15, 0.2) is 20.7 Å². The quantitative estimate of drug-likeness (QED) is 0.314. The van der Waals surface area contributed by atoms with Crippen molar-refractivity contribution in [3.8, 4) is 0 Å². The molecule has 0 N–H and O–H groups in total. The van der Waals surface area contributed by atoms with Gasteiger partial charge < -0.3 is 9.16 Å². The van der Waals surface area contributed by atoms with Crippen LogP contribution in [0, 0.1) is 28.6 Å². The van der Waals surface area contributed by atoms with Crippen molar-refractivity contribution < 1.29 is 23.5 Å². The highest BCUT2D eigenvalue weighted by Gasteiger charge is 2.69. The number of ketones is 2. The van der Waals surface area contributed by atoms with E-state index in [0.29, 0.717) is 11.8 Å². The smallest absolute Gasteiger partial charge is 0.303 e. The number of carbonyl (C=O) groups is 3. The number of Topliss-reactive ketones (excluding diaryl/α,β-unsaturated/α-hetero) is 1. The van der Waals surface area contributed by atoms with Crippen LogP contribution in [0.25, 0.3) is 0 Å². The highest BCUT2D eigenvalue weighted by Crippen LogP contribution is 2.67. The van der Waals surface area contributed by atoms with Crippen LogP contribution in [0.4, 0.5) is 0 Å². The molecule has 0 bridgehead atoms. The molecular formula is C27H38O5Si. The van der Waals surface area contributed by atoms with Gasteiger partial charge in [-0.2, -0.15) is 0 Å². The van der Waals surface area contributed by atoms with Crippen LogP contribution in [0.5, 0.6) is 0 Å². The van der Waals surface area contributed by atoms with Crippen molar-refractivity contribution in [3.63, 3.8) is 0 Å². The summed E-state index contributed by atoms with van der Waals surface area (Å²) in [6.07, 6.45) is 11.5. The van der Waals surface area contributed by atoms with Gasteiger partial charge in [-0.1, -0.05) is 37.1 Å². The highest BCUT2D eigenvalue weighted by atomic mass is 28.4. The van der Waals surface area contributed by atoms with E-state index in [1.807, 2.05) is 6.08 Å². The largest absolute Gasteiger partial charge is 0.458 e. The van der Waals surface area contributed by atoms with E-state index >= 15 is 0 Å². The number of rotatable bonds is 5. The molecule has 0 aromatic carbocycles. The van der Waals surface area contributed by atoms with E-state index in [2.05, 4.69) is 52.6 Å². The minimum absolute atomic E-state index is 0.0308. The van der Waals surface area contributed by atoms with E-state index in [1.165, 1.54) is 18.1 Å². The Bertz CT molecular complexity index is 985. The van der Waals surface area contributed by atoms with Crippen LogP contribution in [0.1, 0.15) is 53.4 Å². The van der Waals surface area contributed by atoms with Crippen molar-refractivity contribution in [2.45, 2.75) is 78.6 Å². The zero-order chi connectivity index (χ0) is 24.4. The molecule has 4 rings (SSSR count). The molecule has 2 fully saturated rings. The Kier molecular flexibility index (Phi) is 5.81. The number of carbonyl (C=O) groups excluding carboxylic acids is 3. The van der Waals surface area contributed by atoms with Crippen molar-refractivity contribution >= 4 is 25.9 Å². The second-order valence-electron chi connectivity index (χ2n) is 11.9. The SMILES string of the molecule is CC(=O)OCC(=O)[C@@]1(O[Si](C)(C)C)[C@H](C)C[C@H]2[C@@H]3CCC4=CC(=O)C=C[C@]4(C)C3=CC[C@@]21C. The Morgan fingerprint density at radius 2 is 1.91 bits per heavy atom. The van der Waals surface area contributed by atoms with Gasteiger partial charge in [0.25, 0.3) is 0 Å². The molecule has 4 aliphatic carbocycles. The lowest BCUT2D eigenvalue weighted by Crippen LogP contribution is -2.62. The molecule has 0 aromatic rings. The number of hydrogen-bond donors (Lipinski definition) is 0. The molecule has 6 heteroatoms. The van der Waals surface area contributed by atoms with E-state index in [-0.39, 0.29) is 34.9 Å². The van der Waals surface area contributed by atoms with Crippen LogP contribution in [0.2, 0.25) is 19.6 Å². The standard InChI is InChI=1S/C27H38O5Si/c1-17-14-23-21-9-8-19-15-20(29)10-12-25(19,3)22(21)11-13-26(23,4)27(17,32-33(5,6)7)24(30)16-31-18(2)28/h10-12,15,17,21,23H,8-9,13-14,16H2,1-7H3/t17-,21-,23+,25+,26+,27+/m1/s1. The van der Waals surface area contributed by atoms with E-state index in [9.17, 15) is 14.4 Å². The van der Waals surface area contributed by atoms with Crippen LogP contribution in [-0.4, -0.2) is 38.1 Å². The highest BCUT2D eigenvalue weighted by molar-refractivity contribution is 6.70. The number of ether oxygens (including phenoxy) is 1. The molecule has 0 amide bonds. The lowest BCUT2D eigenvalue weighted by Gasteiger charge is -2.55. The Morgan fingerprint density at radius 3 is 2.55 bits per heavy atom. The summed E-state index contributed by atoms with van der Waals surface area (Å²) in [7, 11) is -2.11. The summed E-state index contributed by atoms with van der Waals surface area (Å²) in [5, 5.41) is 0. The predicted octanol–water partition coefficient (Wildman–Crippen LogP) is 5.18. The fourth-order valence-electron chi connectivity index (χ4n) is 7.48. The monoisotopic (exact) mass is 470 g/mol. The number of esters is 1. The third kappa shape index (κ3) is 3.64. The van der Waals surface area contributed by atoms with Gasteiger partial charge in [0.2, 0.25) is 5.78 Å². The normalized spacial score (nSPS) is 39.7. The first kappa shape index (κ1) is 24.3. The summed E-state index contributed by atoms with van der Waals surface area (Å²) >= 11 is 0. The van der Waals surface area contributed by atoms with Gasteiger partial charge >= 0.3 is 5.97 Å². The molecule has 4 aliphatic rings. The van der Waals surface area contributed by atoms with Gasteiger partial charge in [-0.25, -0.2) is 0 Å². The van der Waals surface area contributed by atoms with Crippen LogP contribution < -0.4 is 0 Å².